The molecule has 0 bridgehead atoms. The maximum Gasteiger partial charge on any atom is 0.236 e. The Kier molecular flexibility index (Phi) is 5.93. The second-order valence-corrected chi connectivity index (χ2v) is 9.05. The van der Waals surface area contributed by atoms with Crippen molar-refractivity contribution in [1.82, 2.24) is 15.1 Å². The third kappa shape index (κ3) is 4.20. The molecule has 1 amide bonds. The molecule has 1 atom stereocenters. The molecule has 4 rings (SSSR count). The molecule has 5 nitrogen and oxygen atoms in total. The summed E-state index contributed by atoms with van der Waals surface area (Å²) in [5.74, 6) is 1.30. The molecule has 28 heavy (non-hydrogen) atoms. The molecule has 1 spiro atoms. The lowest BCUT2D eigenvalue weighted by Gasteiger charge is -2.43. The quantitative estimate of drug-likeness (QED) is 0.868. The normalized spacial score (nSPS) is 30.9. The van der Waals surface area contributed by atoms with Crippen LogP contribution in [0.2, 0.25) is 0 Å². The van der Waals surface area contributed by atoms with Crippen molar-refractivity contribution in [3.63, 3.8) is 0 Å². The monoisotopic (exact) mass is 385 g/mol. The van der Waals surface area contributed by atoms with Crippen LogP contribution in [-0.2, 0) is 11.3 Å². The van der Waals surface area contributed by atoms with Crippen LogP contribution in [0.15, 0.2) is 24.3 Å². The number of ether oxygens (including phenoxy) is 1. The van der Waals surface area contributed by atoms with Gasteiger partial charge in [-0.25, -0.2) is 0 Å². The van der Waals surface area contributed by atoms with Gasteiger partial charge in [-0.1, -0.05) is 24.6 Å². The van der Waals surface area contributed by atoms with Gasteiger partial charge in [0, 0.05) is 37.8 Å². The van der Waals surface area contributed by atoms with Gasteiger partial charge in [0.25, 0.3) is 0 Å². The molecule has 0 radical (unpaired) electrons. The lowest BCUT2D eigenvalue weighted by molar-refractivity contribution is -0.135. The van der Waals surface area contributed by atoms with Crippen molar-refractivity contribution < 1.29 is 9.53 Å². The molecular formula is C23H35N3O2. The lowest BCUT2D eigenvalue weighted by Crippen LogP contribution is -2.52. The van der Waals surface area contributed by atoms with E-state index in [-0.39, 0.29) is 11.5 Å². The zero-order valence-electron chi connectivity index (χ0n) is 17.5. The van der Waals surface area contributed by atoms with Crippen molar-refractivity contribution >= 4 is 5.91 Å². The number of carbonyl (C=O) groups is 1. The number of benzene rings is 1. The van der Waals surface area contributed by atoms with Crippen LogP contribution in [0.25, 0.3) is 0 Å². The number of amides is 1. The number of fused-ring (bicyclic) bond motifs is 1. The topological polar surface area (TPSA) is 44.8 Å². The van der Waals surface area contributed by atoms with Crippen molar-refractivity contribution in [1.29, 1.82) is 0 Å². The Bertz CT molecular complexity index is 684. The first kappa shape index (κ1) is 19.7. The summed E-state index contributed by atoms with van der Waals surface area (Å²) >= 11 is 0. The van der Waals surface area contributed by atoms with Gasteiger partial charge in [0.05, 0.1) is 6.54 Å². The van der Waals surface area contributed by atoms with Gasteiger partial charge in [0.1, 0.15) is 11.4 Å². The van der Waals surface area contributed by atoms with Gasteiger partial charge in [-0.3, -0.25) is 9.69 Å². The van der Waals surface area contributed by atoms with Crippen LogP contribution in [0.3, 0.4) is 0 Å². The largest absolute Gasteiger partial charge is 0.486 e. The molecule has 0 aromatic heterocycles. The van der Waals surface area contributed by atoms with Crippen molar-refractivity contribution in [2.45, 2.75) is 76.1 Å². The Morgan fingerprint density at radius 2 is 2.04 bits per heavy atom. The van der Waals surface area contributed by atoms with Gasteiger partial charge in [-0.2, -0.15) is 0 Å². The van der Waals surface area contributed by atoms with Gasteiger partial charge in [-0.15, -0.1) is 0 Å². The Morgan fingerprint density at radius 3 is 2.82 bits per heavy atom. The predicted molar refractivity (Wildman–Crippen MR) is 111 cm³/mol. The number of nitrogens with one attached hydrogen (secondary N) is 1. The summed E-state index contributed by atoms with van der Waals surface area (Å²) < 4.78 is 6.54. The first-order valence-electron chi connectivity index (χ1n) is 11.0. The molecule has 154 valence electrons. The number of para-hydroxylation sites is 1. The van der Waals surface area contributed by atoms with Gasteiger partial charge in [0.15, 0.2) is 0 Å². The SMILES string of the molecule is CC1CCCCN1CC(=O)N(C)C1CCC2(CC1)CNCc1ccccc1O2. The number of carbonyl (C=O) groups excluding carboxylic acids is 1. The minimum Gasteiger partial charge on any atom is -0.486 e. The van der Waals surface area contributed by atoms with Gasteiger partial charge >= 0.3 is 0 Å². The summed E-state index contributed by atoms with van der Waals surface area (Å²) in [6.45, 7) is 5.65. The van der Waals surface area contributed by atoms with E-state index in [9.17, 15) is 4.79 Å². The number of likely N-dealkylation sites (tertiary alicyclic amines) is 1. The molecule has 5 heteroatoms. The van der Waals surface area contributed by atoms with Crippen molar-refractivity contribution in [2.75, 3.05) is 26.7 Å². The molecule has 1 N–H and O–H groups in total. The predicted octanol–water partition coefficient (Wildman–Crippen LogP) is 3.18. The lowest BCUT2D eigenvalue weighted by atomic mass is 9.81. The van der Waals surface area contributed by atoms with E-state index in [1.165, 1.54) is 24.8 Å². The van der Waals surface area contributed by atoms with Crippen LogP contribution in [0.5, 0.6) is 5.75 Å². The van der Waals surface area contributed by atoms with E-state index in [0.29, 0.717) is 18.6 Å². The van der Waals surface area contributed by atoms with Crippen LogP contribution in [-0.4, -0.2) is 60.1 Å². The van der Waals surface area contributed by atoms with E-state index < -0.39 is 0 Å². The third-order valence-corrected chi connectivity index (χ3v) is 7.15. The highest BCUT2D eigenvalue weighted by Crippen LogP contribution is 2.37. The third-order valence-electron chi connectivity index (χ3n) is 7.15. The minimum absolute atomic E-state index is 0.131. The number of piperidine rings is 1. The molecule has 1 unspecified atom stereocenters. The molecule has 2 fully saturated rings. The number of likely N-dealkylation sites (N-methyl/N-ethyl adjacent to an activating group) is 1. The highest BCUT2D eigenvalue weighted by atomic mass is 16.5. The summed E-state index contributed by atoms with van der Waals surface area (Å²) in [5.41, 5.74) is 1.11. The second-order valence-electron chi connectivity index (χ2n) is 9.05. The van der Waals surface area contributed by atoms with E-state index >= 15 is 0 Å². The molecule has 3 aliphatic rings. The Labute approximate surface area is 169 Å². The summed E-state index contributed by atoms with van der Waals surface area (Å²) in [6, 6.07) is 9.22. The highest BCUT2D eigenvalue weighted by Gasteiger charge is 2.40. The first-order chi connectivity index (χ1) is 13.6. The number of hydrogen-bond acceptors (Lipinski definition) is 4. The standard InChI is InChI=1S/C23H35N3O2/c1-18-7-5-6-14-26(18)16-22(27)25(2)20-10-12-23(13-11-20)17-24-15-19-8-3-4-9-21(19)28-23/h3-4,8-9,18,20,24H,5-7,10-17H2,1-2H3. The van der Waals surface area contributed by atoms with Gasteiger partial charge in [-0.05, 0) is 58.1 Å². The fourth-order valence-electron chi connectivity index (χ4n) is 5.12. The second kappa shape index (κ2) is 8.42. The van der Waals surface area contributed by atoms with Crippen LogP contribution < -0.4 is 10.1 Å². The van der Waals surface area contributed by atoms with Gasteiger partial charge < -0.3 is 15.0 Å². The van der Waals surface area contributed by atoms with E-state index in [1.54, 1.807) is 0 Å². The summed E-state index contributed by atoms with van der Waals surface area (Å²) in [5, 5.41) is 3.58. The molecule has 1 saturated carbocycles. The molecule has 2 heterocycles. The van der Waals surface area contributed by atoms with Crippen LogP contribution in [0.1, 0.15) is 57.4 Å². The summed E-state index contributed by atoms with van der Waals surface area (Å²) in [6.07, 6.45) is 7.76. The summed E-state index contributed by atoms with van der Waals surface area (Å²) in [7, 11) is 2.00. The first-order valence-corrected chi connectivity index (χ1v) is 11.0. The Balaban J connectivity index is 1.34. The number of rotatable bonds is 3. The smallest absolute Gasteiger partial charge is 0.236 e. The molecule has 1 saturated heterocycles. The van der Waals surface area contributed by atoms with Crippen LogP contribution in [0, 0.1) is 0 Å². The molecular weight excluding hydrogens is 350 g/mol. The van der Waals surface area contributed by atoms with Crippen LogP contribution >= 0.6 is 0 Å². The van der Waals surface area contributed by atoms with Crippen molar-refractivity contribution in [2.24, 2.45) is 0 Å². The average Bonchev–Trinajstić information content (AvgIpc) is 2.88. The number of nitrogens with zero attached hydrogens (tertiary/aromatic N) is 2. The maximum atomic E-state index is 12.9. The molecule has 1 aliphatic carbocycles. The van der Waals surface area contributed by atoms with E-state index in [4.69, 9.17) is 4.74 Å². The van der Waals surface area contributed by atoms with E-state index in [0.717, 1.165) is 51.1 Å². The van der Waals surface area contributed by atoms with Gasteiger partial charge in [0.2, 0.25) is 5.91 Å². The maximum absolute atomic E-state index is 12.9. The molecule has 1 aromatic carbocycles. The molecule has 1 aromatic rings. The Morgan fingerprint density at radius 1 is 1.25 bits per heavy atom. The average molecular weight is 386 g/mol. The molecule has 2 aliphatic heterocycles. The minimum atomic E-state index is -0.131. The van der Waals surface area contributed by atoms with Crippen molar-refractivity contribution in [3.8, 4) is 5.75 Å². The van der Waals surface area contributed by atoms with E-state index in [1.807, 2.05) is 11.9 Å². The number of hydrogen-bond donors (Lipinski definition) is 1. The highest BCUT2D eigenvalue weighted by molar-refractivity contribution is 5.78. The zero-order chi connectivity index (χ0) is 19.6. The van der Waals surface area contributed by atoms with Crippen molar-refractivity contribution in [3.05, 3.63) is 29.8 Å². The summed E-state index contributed by atoms with van der Waals surface area (Å²) in [4.78, 5) is 17.3. The fraction of sp³-hybridized carbons (Fsp3) is 0.696. The zero-order valence-corrected chi connectivity index (χ0v) is 17.5. The van der Waals surface area contributed by atoms with Crippen LogP contribution in [0.4, 0.5) is 0 Å². The van der Waals surface area contributed by atoms with E-state index in [2.05, 4.69) is 41.4 Å². The Hall–Kier alpha value is -1.59. The fourth-order valence-corrected chi connectivity index (χ4v) is 5.12.